The van der Waals surface area contributed by atoms with Gasteiger partial charge in [0.1, 0.15) is 11.5 Å². The zero-order valence-corrected chi connectivity index (χ0v) is 13.9. The van der Waals surface area contributed by atoms with E-state index in [4.69, 9.17) is 39.5 Å². The molecule has 0 bridgehead atoms. The van der Waals surface area contributed by atoms with Gasteiger partial charge in [-0.1, -0.05) is 47.8 Å². The summed E-state index contributed by atoms with van der Waals surface area (Å²) in [5, 5.41) is 5.03. The van der Waals surface area contributed by atoms with E-state index in [0.717, 1.165) is 18.5 Å². The van der Waals surface area contributed by atoms with Gasteiger partial charge in [0.25, 0.3) is 0 Å². The third-order valence-electron chi connectivity index (χ3n) is 2.84. The van der Waals surface area contributed by atoms with Crippen molar-refractivity contribution in [3.63, 3.8) is 0 Å². The minimum Gasteiger partial charge on any atom is -0.457 e. The molecular formula is C16H16Cl3NO. The van der Waals surface area contributed by atoms with Crippen LogP contribution in [-0.2, 0) is 6.54 Å². The van der Waals surface area contributed by atoms with E-state index in [2.05, 4.69) is 12.2 Å². The Morgan fingerprint density at radius 2 is 1.67 bits per heavy atom. The highest BCUT2D eigenvalue weighted by Crippen LogP contribution is 2.31. The molecule has 0 saturated heterocycles. The summed E-state index contributed by atoms with van der Waals surface area (Å²) < 4.78 is 5.89. The van der Waals surface area contributed by atoms with Gasteiger partial charge in [-0.15, -0.1) is 0 Å². The van der Waals surface area contributed by atoms with Gasteiger partial charge < -0.3 is 10.1 Å². The quantitative estimate of drug-likeness (QED) is 0.655. The van der Waals surface area contributed by atoms with Crippen LogP contribution in [-0.4, -0.2) is 6.54 Å². The van der Waals surface area contributed by atoms with E-state index in [1.807, 2.05) is 12.1 Å². The normalized spacial score (nSPS) is 10.7. The van der Waals surface area contributed by atoms with Crippen LogP contribution in [0.15, 0.2) is 36.4 Å². The molecule has 0 radical (unpaired) electrons. The maximum Gasteiger partial charge on any atom is 0.133 e. The lowest BCUT2D eigenvalue weighted by Gasteiger charge is -2.13. The third-order valence-corrected chi connectivity index (χ3v) is 3.51. The molecule has 0 saturated carbocycles. The van der Waals surface area contributed by atoms with E-state index in [1.165, 1.54) is 0 Å². The Morgan fingerprint density at radius 1 is 0.952 bits per heavy atom. The molecule has 2 rings (SSSR count). The van der Waals surface area contributed by atoms with Gasteiger partial charge in [-0.05, 0) is 43.3 Å². The maximum atomic E-state index is 6.05. The number of hydrogen-bond donors (Lipinski definition) is 1. The first kappa shape index (κ1) is 16.4. The predicted octanol–water partition coefficient (Wildman–Crippen LogP) is 5.94. The summed E-state index contributed by atoms with van der Waals surface area (Å²) in [6.45, 7) is 3.79. The maximum absolute atomic E-state index is 6.05. The first-order chi connectivity index (χ1) is 10.1. The Bertz CT molecular complexity index is 596. The van der Waals surface area contributed by atoms with Crippen LogP contribution in [0, 0.1) is 0 Å². The zero-order chi connectivity index (χ0) is 15.2. The molecule has 0 aliphatic rings. The monoisotopic (exact) mass is 343 g/mol. The number of rotatable bonds is 6. The van der Waals surface area contributed by atoms with Crippen LogP contribution in [0.25, 0.3) is 0 Å². The van der Waals surface area contributed by atoms with E-state index in [1.54, 1.807) is 24.3 Å². The number of benzene rings is 2. The lowest BCUT2D eigenvalue weighted by atomic mass is 10.2. The lowest BCUT2D eigenvalue weighted by molar-refractivity contribution is 0.473. The van der Waals surface area contributed by atoms with Crippen molar-refractivity contribution in [3.8, 4) is 11.5 Å². The average molecular weight is 345 g/mol. The van der Waals surface area contributed by atoms with Gasteiger partial charge in [-0.25, -0.2) is 0 Å². The van der Waals surface area contributed by atoms with Gasteiger partial charge in [0, 0.05) is 27.2 Å². The van der Waals surface area contributed by atoms with Gasteiger partial charge in [0.15, 0.2) is 0 Å². The van der Waals surface area contributed by atoms with E-state index in [0.29, 0.717) is 33.1 Å². The van der Waals surface area contributed by atoms with Crippen LogP contribution in [0.1, 0.15) is 18.9 Å². The first-order valence-corrected chi connectivity index (χ1v) is 7.85. The molecule has 0 aliphatic heterocycles. The molecule has 2 aromatic rings. The molecule has 0 aromatic heterocycles. The molecule has 2 aromatic carbocycles. The zero-order valence-electron chi connectivity index (χ0n) is 11.6. The van der Waals surface area contributed by atoms with Crippen molar-refractivity contribution in [2.45, 2.75) is 19.9 Å². The lowest BCUT2D eigenvalue weighted by Crippen LogP contribution is -2.14. The minimum atomic E-state index is 0.533. The van der Waals surface area contributed by atoms with Crippen molar-refractivity contribution >= 4 is 34.8 Å². The van der Waals surface area contributed by atoms with Gasteiger partial charge >= 0.3 is 0 Å². The molecule has 0 atom stereocenters. The number of halogens is 3. The topological polar surface area (TPSA) is 21.3 Å². The van der Waals surface area contributed by atoms with Crippen molar-refractivity contribution < 1.29 is 4.74 Å². The van der Waals surface area contributed by atoms with Crippen LogP contribution in [0.2, 0.25) is 15.1 Å². The van der Waals surface area contributed by atoms with Crippen LogP contribution < -0.4 is 10.1 Å². The first-order valence-electron chi connectivity index (χ1n) is 6.71. The summed E-state index contributed by atoms with van der Waals surface area (Å²) in [7, 11) is 0. The van der Waals surface area contributed by atoms with E-state index < -0.39 is 0 Å². The summed E-state index contributed by atoms with van der Waals surface area (Å²) in [5.74, 6) is 1.29. The molecule has 112 valence electrons. The van der Waals surface area contributed by atoms with E-state index in [9.17, 15) is 0 Å². The summed E-state index contributed by atoms with van der Waals surface area (Å²) >= 11 is 18.0. The Morgan fingerprint density at radius 3 is 2.33 bits per heavy atom. The summed E-state index contributed by atoms with van der Waals surface area (Å²) in [5.41, 5.74) is 1.03. The van der Waals surface area contributed by atoms with Crippen LogP contribution in [0.3, 0.4) is 0 Å². The Balaban J connectivity index is 2.22. The molecule has 0 fully saturated rings. The second-order valence-electron chi connectivity index (χ2n) is 4.64. The van der Waals surface area contributed by atoms with Crippen LogP contribution in [0.4, 0.5) is 0 Å². The van der Waals surface area contributed by atoms with Crippen LogP contribution in [0.5, 0.6) is 11.5 Å². The van der Waals surface area contributed by atoms with Gasteiger partial charge in [0.05, 0.1) is 0 Å². The van der Waals surface area contributed by atoms with Gasteiger partial charge in [0.2, 0.25) is 0 Å². The highest BCUT2D eigenvalue weighted by atomic mass is 35.5. The largest absolute Gasteiger partial charge is 0.457 e. The molecule has 2 nitrogen and oxygen atoms in total. The molecule has 0 spiro atoms. The van der Waals surface area contributed by atoms with Crippen molar-refractivity contribution in [3.05, 3.63) is 57.0 Å². The van der Waals surface area contributed by atoms with Crippen molar-refractivity contribution in [2.24, 2.45) is 0 Å². The fraction of sp³-hybridized carbons (Fsp3) is 0.250. The molecule has 21 heavy (non-hydrogen) atoms. The van der Waals surface area contributed by atoms with Crippen molar-refractivity contribution in [2.75, 3.05) is 6.54 Å². The second-order valence-corrected chi connectivity index (χ2v) is 5.95. The van der Waals surface area contributed by atoms with Crippen molar-refractivity contribution in [1.82, 2.24) is 5.32 Å². The Hall–Kier alpha value is -0.930. The van der Waals surface area contributed by atoms with E-state index >= 15 is 0 Å². The average Bonchev–Trinajstić information content (AvgIpc) is 2.40. The molecular weight excluding hydrogens is 329 g/mol. The molecule has 0 amide bonds. The fourth-order valence-electron chi connectivity index (χ4n) is 1.88. The summed E-state index contributed by atoms with van der Waals surface area (Å²) in [6, 6.07) is 10.7. The second kappa shape index (κ2) is 7.90. The molecule has 0 unspecified atom stereocenters. The highest BCUT2D eigenvalue weighted by Gasteiger charge is 2.07. The molecule has 0 aliphatic carbocycles. The standard InChI is InChI=1S/C16H16Cl3NO/c1-2-5-20-10-11-3-4-12(17)9-16(11)21-15-7-13(18)6-14(19)8-15/h3-4,6-9,20H,2,5,10H2,1H3. The van der Waals surface area contributed by atoms with Gasteiger partial charge in [-0.3, -0.25) is 0 Å². The van der Waals surface area contributed by atoms with Crippen molar-refractivity contribution in [1.29, 1.82) is 0 Å². The highest BCUT2D eigenvalue weighted by molar-refractivity contribution is 6.34. The summed E-state index contributed by atoms with van der Waals surface area (Å²) in [6.07, 6.45) is 1.08. The van der Waals surface area contributed by atoms with Crippen LogP contribution >= 0.6 is 34.8 Å². The Kier molecular flexibility index (Phi) is 6.19. The van der Waals surface area contributed by atoms with E-state index in [-0.39, 0.29) is 0 Å². The molecule has 0 heterocycles. The molecule has 5 heteroatoms. The molecule has 1 N–H and O–H groups in total. The smallest absolute Gasteiger partial charge is 0.133 e. The van der Waals surface area contributed by atoms with Gasteiger partial charge in [-0.2, -0.15) is 0 Å². The predicted molar refractivity (Wildman–Crippen MR) is 90.0 cm³/mol. The number of ether oxygens (including phenoxy) is 1. The SMILES string of the molecule is CCCNCc1ccc(Cl)cc1Oc1cc(Cl)cc(Cl)c1. The summed E-state index contributed by atoms with van der Waals surface area (Å²) in [4.78, 5) is 0. The minimum absolute atomic E-state index is 0.533. The number of hydrogen-bond acceptors (Lipinski definition) is 2. The fourth-order valence-corrected chi connectivity index (χ4v) is 2.55. The Labute approximate surface area is 140 Å². The third kappa shape index (κ3) is 5.08. The number of nitrogens with one attached hydrogen (secondary N) is 1.